The molecule has 1 saturated carbocycles. The van der Waals surface area contributed by atoms with Crippen LogP contribution in [0.2, 0.25) is 0 Å². The topological polar surface area (TPSA) is 26.0 Å². The van der Waals surface area contributed by atoms with Crippen molar-refractivity contribution in [1.29, 1.82) is 0 Å². The molecule has 0 unspecified atom stereocenters. The molecule has 0 amide bonds. The average molecular weight is 291 g/mol. The van der Waals surface area contributed by atoms with Gasteiger partial charge in [-0.05, 0) is 80.2 Å². The fourth-order valence-corrected chi connectivity index (χ4v) is 3.76. The van der Waals surface area contributed by atoms with Crippen LogP contribution < -0.4 is 5.73 Å². The first kappa shape index (κ1) is 16.5. The Morgan fingerprint density at radius 3 is 2.62 bits per heavy atom. The van der Waals surface area contributed by atoms with Gasteiger partial charge < -0.3 is 5.73 Å². The van der Waals surface area contributed by atoms with E-state index in [1.54, 1.807) is 12.1 Å². The second-order valence-corrected chi connectivity index (χ2v) is 7.04. The molecule has 2 rings (SSSR count). The zero-order valence-electron chi connectivity index (χ0n) is 13.6. The molecule has 1 fully saturated rings. The number of benzene rings is 1. The molecule has 118 valence electrons. The maximum atomic E-state index is 13.5. The molecule has 1 nitrogen and oxygen atoms in total. The summed E-state index contributed by atoms with van der Waals surface area (Å²) in [6.07, 6.45) is 9.95. The zero-order valence-corrected chi connectivity index (χ0v) is 13.6. The lowest BCUT2D eigenvalue weighted by atomic mass is 9.66. The number of halogens is 1. The van der Waals surface area contributed by atoms with Crippen molar-refractivity contribution in [3.63, 3.8) is 0 Å². The van der Waals surface area contributed by atoms with Gasteiger partial charge >= 0.3 is 0 Å². The predicted molar refractivity (Wildman–Crippen MR) is 87.8 cm³/mol. The van der Waals surface area contributed by atoms with Crippen LogP contribution >= 0.6 is 0 Å². The molecule has 2 heteroatoms. The van der Waals surface area contributed by atoms with Crippen LogP contribution in [0.25, 0.3) is 0 Å². The maximum Gasteiger partial charge on any atom is 0.123 e. The number of hydrogen-bond acceptors (Lipinski definition) is 1. The molecule has 1 aromatic carbocycles. The van der Waals surface area contributed by atoms with Gasteiger partial charge in [-0.1, -0.05) is 32.3 Å². The Morgan fingerprint density at radius 1 is 1.29 bits per heavy atom. The van der Waals surface area contributed by atoms with Gasteiger partial charge in [0.25, 0.3) is 0 Å². The highest BCUT2D eigenvalue weighted by Crippen LogP contribution is 2.42. The summed E-state index contributed by atoms with van der Waals surface area (Å²) in [4.78, 5) is 0. The highest BCUT2D eigenvalue weighted by atomic mass is 19.1. The SMILES string of the molecule is CCCCC1CCC(CN)(Cc2cc(F)ccc2C)CC1. The second kappa shape index (κ2) is 7.40. The van der Waals surface area contributed by atoms with Crippen LogP contribution in [0.1, 0.15) is 63.0 Å². The molecule has 0 radical (unpaired) electrons. The van der Waals surface area contributed by atoms with Crippen LogP contribution in [-0.4, -0.2) is 6.54 Å². The lowest BCUT2D eigenvalue weighted by Crippen LogP contribution is -2.37. The first-order valence-electron chi connectivity index (χ1n) is 8.53. The quantitative estimate of drug-likeness (QED) is 0.784. The number of unbranched alkanes of at least 4 members (excludes halogenated alkanes) is 1. The molecular weight excluding hydrogens is 261 g/mol. The van der Waals surface area contributed by atoms with Gasteiger partial charge in [0.1, 0.15) is 5.82 Å². The van der Waals surface area contributed by atoms with E-state index in [4.69, 9.17) is 5.73 Å². The van der Waals surface area contributed by atoms with Gasteiger partial charge in [0.2, 0.25) is 0 Å². The lowest BCUT2D eigenvalue weighted by molar-refractivity contribution is 0.149. The summed E-state index contributed by atoms with van der Waals surface area (Å²) >= 11 is 0. The minimum Gasteiger partial charge on any atom is -0.330 e. The van der Waals surface area contributed by atoms with Gasteiger partial charge in [-0.3, -0.25) is 0 Å². The smallest absolute Gasteiger partial charge is 0.123 e. The second-order valence-electron chi connectivity index (χ2n) is 7.04. The average Bonchev–Trinajstić information content (AvgIpc) is 2.50. The molecule has 0 spiro atoms. The standard InChI is InChI=1S/C19H30FN/c1-3-4-5-16-8-10-19(14-21,11-9-16)13-17-12-18(20)7-6-15(17)2/h6-7,12,16H,3-5,8-11,13-14,21H2,1-2H3. The van der Waals surface area contributed by atoms with Gasteiger partial charge in [0.05, 0.1) is 0 Å². The molecule has 0 aliphatic heterocycles. The Balaban J connectivity index is 2.01. The summed E-state index contributed by atoms with van der Waals surface area (Å²) in [5.74, 6) is 0.762. The largest absolute Gasteiger partial charge is 0.330 e. The van der Waals surface area contributed by atoms with Crippen LogP contribution in [0, 0.1) is 24.1 Å². The molecule has 0 saturated heterocycles. The van der Waals surface area contributed by atoms with Crippen molar-refractivity contribution in [2.24, 2.45) is 17.1 Å². The summed E-state index contributed by atoms with van der Waals surface area (Å²) in [6, 6.07) is 5.15. The van der Waals surface area contributed by atoms with Gasteiger partial charge in [-0.2, -0.15) is 0 Å². The molecule has 0 bridgehead atoms. The third-order valence-electron chi connectivity index (χ3n) is 5.44. The zero-order chi connectivity index (χ0) is 15.3. The van der Waals surface area contributed by atoms with Crippen LogP contribution in [0.3, 0.4) is 0 Å². The molecule has 0 atom stereocenters. The number of hydrogen-bond donors (Lipinski definition) is 1. The van der Waals surface area contributed by atoms with Crippen molar-refractivity contribution in [2.45, 2.75) is 65.2 Å². The van der Waals surface area contributed by atoms with E-state index >= 15 is 0 Å². The third-order valence-corrected chi connectivity index (χ3v) is 5.44. The molecule has 0 heterocycles. The highest BCUT2D eigenvalue weighted by Gasteiger charge is 2.34. The predicted octanol–water partition coefficient (Wildman–Crippen LogP) is 5.00. The molecule has 0 aromatic heterocycles. The van der Waals surface area contributed by atoms with Crippen molar-refractivity contribution in [3.8, 4) is 0 Å². The van der Waals surface area contributed by atoms with Crippen LogP contribution in [0.4, 0.5) is 4.39 Å². The summed E-state index contributed by atoms with van der Waals surface area (Å²) in [6.45, 7) is 5.06. The fourth-order valence-electron chi connectivity index (χ4n) is 3.76. The summed E-state index contributed by atoms with van der Waals surface area (Å²) in [7, 11) is 0. The Labute approximate surface area is 129 Å². The Morgan fingerprint density at radius 2 is 2.00 bits per heavy atom. The molecular formula is C19H30FN. The first-order chi connectivity index (χ1) is 10.1. The van der Waals surface area contributed by atoms with E-state index in [2.05, 4.69) is 13.8 Å². The van der Waals surface area contributed by atoms with Crippen molar-refractivity contribution in [2.75, 3.05) is 6.54 Å². The van der Waals surface area contributed by atoms with Crippen LogP contribution in [0.15, 0.2) is 18.2 Å². The third kappa shape index (κ3) is 4.29. The summed E-state index contributed by atoms with van der Waals surface area (Å²) in [5.41, 5.74) is 8.66. The molecule has 21 heavy (non-hydrogen) atoms. The van der Waals surface area contributed by atoms with E-state index in [-0.39, 0.29) is 11.2 Å². The molecule has 1 aliphatic carbocycles. The molecule has 1 aliphatic rings. The Hall–Kier alpha value is -0.890. The van der Waals surface area contributed by atoms with Gasteiger partial charge in [0.15, 0.2) is 0 Å². The normalized spacial score (nSPS) is 26.0. The van der Waals surface area contributed by atoms with Gasteiger partial charge in [-0.25, -0.2) is 4.39 Å². The van der Waals surface area contributed by atoms with Crippen molar-refractivity contribution >= 4 is 0 Å². The van der Waals surface area contributed by atoms with E-state index in [1.807, 2.05) is 6.07 Å². The van der Waals surface area contributed by atoms with Crippen molar-refractivity contribution < 1.29 is 4.39 Å². The van der Waals surface area contributed by atoms with E-state index in [1.165, 1.54) is 50.5 Å². The lowest BCUT2D eigenvalue weighted by Gasteiger charge is -2.40. The molecule has 1 aromatic rings. The van der Waals surface area contributed by atoms with Crippen molar-refractivity contribution in [1.82, 2.24) is 0 Å². The summed E-state index contributed by atoms with van der Waals surface area (Å²) in [5, 5.41) is 0. The first-order valence-corrected chi connectivity index (χ1v) is 8.53. The van der Waals surface area contributed by atoms with E-state index < -0.39 is 0 Å². The number of rotatable bonds is 6. The van der Waals surface area contributed by atoms with Gasteiger partial charge in [0, 0.05) is 0 Å². The number of nitrogens with two attached hydrogens (primary N) is 1. The maximum absolute atomic E-state index is 13.5. The fraction of sp³-hybridized carbons (Fsp3) is 0.684. The van der Waals surface area contributed by atoms with E-state index in [0.717, 1.165) is 24.4 Å². The highest BCUT2D eigenvalue weighted by molar-refractivity contribution is 5.28. The number of aryl methyl sites for hydroxylation is 1. The van der Waals surface area contributed by atoms with E-state index in [0.29, 0.717) is 0 Å². The minimum absolute atomic E-state index is 0.126. The minimum atomic E-state index is -0.126. The van der Waals surface area contributed by atoms with E-state index in [9.17, 15) is 4.39 Å². The van der Waals surface area contributed by atoms with Crippen LogP contribution in [0.5, 0.6) is 0 Å². The van der Waals surface area contributed by atoms with Crippen LogP contribution in [-0.2, 0) is 6.42 Å². The Bertz CT molecular complexity index is 447. The molecule has 2 N–H and O–H groups in total. The summed E-state index contributed by atoms with van der Waals surface area (Å²) < 4.78 is 13.5. The van der Waals surface area contributed by atoms with Gasteiger partial charge in [-0.15, -0.1) is 0 Å². The monoisotopic (exact) mass is 291 g/mol. The Kier molecular flexibility index (Phi) is 5.80. The van der Waals surface area contributed by atoms with Crippen molar-refractivity contribution in [3.05, 3.63) is 35.1 Å².